The summed E-state index contributed by atoms with van der Waals surface area (Å²) >= 11 is 0. The van der Waals surface area contributed by atoms with Gasteiger partial charge in [0, 0.05) is 11.6 Å². The van der Waals surface area contributed by atoms with Crippen molar-refractivity contribution in [2.45, 2.75) is 66.1 Å². The van der Waals surface area contributed by atoms with E-state index in [2.05, 4.69) is 20.1 Å². The molecule has 0 rings (SSSR count). The third kappa shape index (κ3) is 12.9. The third-order valence-electron chi connectivity index (χ3n) is 2.41. The molecule has 0 amide bonds. The molecule has 0 fully saturated rings. The Bertz CT molecular complexity index is 320. The summed E-state index contributed by atoms with van der Waals surface area (Å²) in [5.74, 6) is -0.629. The van der Waals surface area contributed by atoms with Gasteiger partial charge in [0.15, 0.2) is 0 Å². The molecule has 116 valence electrons. The zero-order chi connectivity index (χ0) is 16.1. The van der Waals surface area contributed by atoms with Crippen molar-refractivity contribution in [3.05, 3.63) is 24.8 Å². The van der Waals surface area contributed by atoms with Gasteiger partial charge in [0.25, 0.3) is 0 Å². The number of ether oxygens (including phenoxy) is 2. The van der Waals surface area contributed by atoms with Gasteiger partial charge in [-0.05, 0) is 33.6 Å². The minimum atomic E-state index is -0.332. The number of carbonyl (C=O) groups is 2. The van der Waals surface area contributed by atoms with Gasteiger partial charge in [0.1, 0.15) is 0 Å². The SMILES string of the molecule is C=C(C)C(=O)OC(C)CC.C=CC(=O)OC(C)CCC. The van der Waals surface area contributed by atoms with Gasteiger partial charge in [-0.2, -0.15) is 0 Å². The Labute approximate surface area is 122 Å². The van der Waals surface area contributed by atoms with Crippen LogP contribution in [0.25, 0.3) is 0 Å². The molecule has 0 spiro atoms. The molecular weight excluding hydrogens is 256 g/mol. The Kier molecular flexibility index (Phi) is 12.9. The van der Waals surface area contributed by atoms with E-state index in [1.165, 1.54) is 6.08 Å². The van der Waals surface area contributed by atoms with Crippen LogP contribution in [0.3, 0.4) is 0 Å². The molecule has 0 aliphatic heterocycles. The van der Waals surface area contributed by atoms with Gasteiger partial charge in [-0.25, -0.2) is 9.59 Å². The summed E-state index contributed by atoms with van der Waals surface area (Å²) in [6.07, 6.45) is 4.01. The van der Waals surface area contributed by atoms with Crippen LogP contribution >= 0.6 is 0 Å². The van der Waals surface area contributed by atoms with E-state index in [4.69, 9.17) is 9.47 Å². The van der Waals surface area contributed by atoms with Crippen molar-refractivity contribution in [3.63, 3.8) is 0 Å². The summed E-state index contributed by atoms with van der Waals surface area (Å²) in [6.45, 7) is 16.2. The molecule has 0 N–H and O–H groups in total. The topological polar surface area (TPSA) is 52.6 Å². The Hall–Kier alpha value is -1.58. The zero-order valence-electron chi connectivity index (χ0n) is 13.4. The lowest BCUT2D eigenvalue weighted by molar-refractivity contribution is -0.144. The monoisotopic (exact) mass is 284 g/mol. The number of hydrogen-bond donors (Lipinski definition) is 0. The second-order valence-electron chi connectivity index (χ2n) is 4.64. The Balaban J connectivity index is 0. The highest BCUT2D eigenvalue weighted by atomic mass is 16.5. The standard InChI is InChI=1S/2C8H14O2/c1-5-7(4)10-8(9)6(2)3;1-4-6-7(3)10-8(9)5-2/h7H,2,5H2,1,3-4H3;5,7H,2,4,6H2,1,3H3. The summed E-state index contributed by atoms with van der Waals surface area (Å²) < 4.78 is 9.81. The van der Waals surface area contributed by atoms with E-state index in [1.807, 2.05) is 20.8 Å². The molecule has 2 unspecified atom stereocenters. The highest BCUT2D eigenvalue weighted by molar-refractivity contribution is 5.87. The number of esters is 2. The van der Waals surface area contributed by atoms with Crippen LogP contribution in [-0.4, -0.2) is 24.1 Å². The first-order chi connectivity index (χ1) is 9.28. The van der Waals surface area contributed by atoms with Crippen LogP contribution in [0.15, 0.2) is 24.8 Å². The Morgan fingerprint density at radius 1 is 1.15 bits per heavy atom. The summed E-state index contributed by atoms with van der Waals surface area (Å²) in [7, 11) is 0. The van der Waals surface area contributed by atoms with E-state index >= 15 is 0 Å². The maximum absolute atomic E-state index is 10.8. The van der Waals surface area contributed by atoms with Crippen molar-refractivity contribution in [2.24, 2.45) is 0 Å². The normalized spacial score (nSPS) is 12.2. The molecule has 0 saturated carbocycles. The zero-order valence-corrected chi connectivity index (χ0v) is 13.4. The summed E-state index contributed by atoms with van der Waals surface area (Å²) in [5.41, 5.74) is 0.459. The lowest BCUT2D eigenvalue weighted by Crippen LogP contribution is -2.13. The van der Waals surface area contributed by atoms with Crippen molar-refractivity contribution in [1.29, 1.82) is 0 Å². The van der Waals surface area contributed by atoms with Crippen molar-refractivity contribution in [2.75, 3.05) is 0 Å². The van der Waals surface area contributed by atoms with Crippen LogP contribution in [0.5, 0.6) is 0 Å². The highest BCUT2D eigenvalue weighted by Gasteiger charge is 2.06. The van der Waals surface area contributed by atoms with E-state index in [0.29, 0.717) is 5.57 Å². The second kappa shape index (κ2) is 12.5. The van der Waals surface area contributed by atoms with Crippen LogP contribution in [-0.2, 0) is 19.1 Å². The molecule has 0 aromatic rings. The van der Waals surface area contributed by atoms with Crippen LogP contribution in [0.1, 0.15) is 53.9 Å². The fourth-order valence-corrected chi connectivity index (χ4v) is 1.08. The van der Waals surface area contributed by atoms with Crippen molar-refractivity contribution >= 4 is 11.9 Å². The van der Waals surface area contributed by atoms with E-state index < -0.39 is 0 Å². The van der Waals surface area contributed by atoms with Gasteiger partial charge in [0.2, 0.25) is 0 Å². The lowest BCUT2D eigenvalue weighted by Gasteiger charge is -2.09. The first-order valence-corrected chi connectivity index (χ1v) is 6.97. The van der Waals surface area contributed by atoms with E-state index in [0.717, 1.165) is 19.3 Å². The Morgan fingerprint density at radius 3 is 2.05 bits per heavy atom. The summed E-state index contributed by atoms with van der Waals surface area (Å²) in [4.78, 5) is 21.3. The molecule has 0 aliphatic carbocycles. The van der Waals surface area contributed by atoms with E-state index in [1.54, 1.807) is 6.92 Å². The molecule has 0 saturated heterocycles. The molecule has 4 nitrogen and oxygen atoms in total. The van der Waals surface area contributed by atoms with Crippen LogP contribution in [0.4, 0.5) is 0 Å². The average Bonchev–Trinajstić information content (AvgIpc) is 2.39. The van der Waals surface area contributed by atoms with Crippen LogP contribution < -0.4 is 0 Å². The molecular formula is C16H28O4. The number of rotatable bonds is 7. The van der Waals surface area contributed by atoms with Gasteiger partial charge in [-0.1, -0.05) is 33.4 Å². The largest absolute Gasteiger partial charge is 0.460 e. The van der Waals surface area contributed by atoms with Gasteiger partial charge >= 0.3 is 11.9 Å². The van der Waals surface area contributed by atoms with E-state index in [9.17, 15) is 9.59 Å². The Morgan fingerprint density at radius 2 is 1.70 bits per heavy atom. The molecule has 0 aromatic carbocycles. The molecule has 0 radical (unpaired) electrons. The van der Waals surface area contributed by atoms with Crippen LogP contribution in [0, 0.1) is 0 Å². The first kappa shape index (κ1) is 20.7. The van der Waals surface area contributed by atoms with Crippen molar-refractivity contribution < 1.29 is 19.1 Å². The van der Waals surface area contributed by atoms with Crippen LogP contribution in [0.2, 0.25) is 0 Å². The van der Waals surface area contributed by atoms with Crippen molar-refractivity contribution in [3.8, 4) is 0 Å². The molecule has 2 atom stereocenters. The van der Waals surface area contributed by atoms with Gasteiger partial charge in [-0.15, -0.1) is 0 Å². The molecule has 0 heterocycles. The predicted molar refractivity (Wildman–Crippen MR) is 81.3 cm³/mol. The van der Waals surface area contributed by atoms with Crippen molar-refractivity contribution in [1.82, 2.24) is 0 Å². The molecule has 0 bridgehead atoms. The smallest absolute Gasteiger partial charge is 0.333 e. The van der Waals surface area contributed by atoms with Gasteiger partial charge in [-0.3, -0.25) is 0 Å². The number of hydrogen-bond acceptors (Lipinski definition) is 4. The molecule has 0 aliphatic rings. The molecule has 0 aromatic heterocycles. The molecule has 4 heteroatoms. The quantitative estimate of drug-likeness (QED) is 0.527. The summed E-state index contributed by atoms with van der Waals surface area (Å²) in [5, 5.41) is 0. The summed E-state index contributed by atoms with van der Waals surface area (Å²) in [6, 6.07) is 0. The van der Waals surface area contributed by atoms with Gasteiger partial charge in [0.05, 0.1) is 12.2 Å². The van der Waals surface area contributed by atoms with Gasteiger partial charge < -0.3 is 9.47 Å². The minimum absolute atomic E-state index is 0.00389. The predicted octanol–water partition coefficient (Wildman–Crippen LogP) is 3.81. The molecule has 20 heavy (non-hydrogen) atoms. The second-order valence-corrected chi connectivity index (χ2v) is 4.64. The lowest BCUT2D eigenvalue weighted by atomic mass is 10.2. The minimum Gasteiger partial charge on any atom is -0.460 e. The number of carbonyl (C=O) groups excluding carboxylic acids is 2. The average molecular weight is 284 g/mol. The van der Waals surface area contributed by atoms with E-state index in [-0.39, 0.29) is 24.1 Å². The fourth-order valence-electron chi connectivity index (χ4n) is 1.08. The fraction of sp³-hybridized carbons (Fsp3) is 0.625. The third-order valence-corrected chi connectivity index (χ3v) is 2.41. The maximum atomic E-state index is 10.8. The first-order valence-electron chi connectivity index (χ1n) is 6.97. The highest BCUT2D eigenvalue weighted by Crippen LogP contribution is 2.01. The maximum Gasteiger partial charge on any atom is 0.333 e.